The first-order chi connectivity index (χ1) is 13.6. The number of benzene rings is 2. The average molecular weight is 422 g/mol. The highest BCUT2D eigenvalue weighted by atomic mass is 35.5. The van der Waals surface area contributed by atoms with Gasteiger partial charge in [0.05, 0.1) is 11.1 Å². The number of ether oxygens (including phenoxy) is 2. The van der Waals surface area contributed by atoms with E-state index in [4.69, 9.17) is 21.1 Å². The molecular weight excluding hydrogens is 405 g/mol. The van der Waals surface area contributed by atoms with Gasteiger partial charge in [-0.05, 0) is 35.4 Å². The van der Waals surface area contributed by atoms with Crippen molar-refractivity contribution in [1.82, 2.24) is 10.2 Å². The number of nitrogens with one attached hydrogen (secondary N) is 1. The first-order valence-corrected chi connectivity index (χ1v) is 9.86. The van der Waals surface area contributed by atoms with Gasteiger partial charge in [0.15, 0.2) is 11.5 Å². The lowest BCUT2D eigenvalue weighted by molar-refractivity contribution is 0.167. The summed E-state index contributed by atoms with van der Waals surface area (Å²) in [5.74, 6) is 0.772. The molecule has 1 unspecified atom stereocenters. The van der Waals surface area contributed by atoms with Crippen LogP contribution in [-0.2, 0) is 6.42 Å². The molecule has 4 rings (SSSR count). The molecule has 0 fully saturated rings. The topological polar surface area (TPSA) is 76.5 Å². The Morgan fingerprint density at radius 3 is 2.79 bits per heavy atom. The van der Waals surface area contributed by atoms with Crippen LogP contribution in [0.2, 0.25) is 5.02 Å². The summed E-state index contributed by atoms with van der Waals surface area (Å²) in [5.41, 5.74) is 1.58. The van der Waals surface area contributed by atoms with Crippen molar-refractivity contribution >= 4 is 28.1 Å². The second-order valence-corrected chi connectivity index (χ2v) is 7.70. The first-order valence-electron chi connectivity index (χ1n) is 8.66. The number of anilines is 1. The molecule has 1 aliphatic heterocycles. The van der Waals surface area contributed by atoms with E-state index in [9.17, 15) is 9.50 Å². The normalized spacial score (nSPS) is 14.0. The molecule has 28 heavy (non-hydrogen) atoms. The molecular formula is C19H17ClFN3O3S. The Morgan fingerprint density at radius 1 is 1.18 bits per heavy atom. The van der Waals surface area contributed by atoms with Gasteiger partial charge in [-0.2, -0.15) is 0 Å². The summed E-state index contributed by atoms with van der Waals surface area (Å²) in [4.78, 5) is 0. The number of aliphatic hydroxyl groups excluding tert-OH is 1. The van der Waals surface area contributed by atoms with Gasteiger partial charge in [0.25, 0.3) is 0 Å². The quantitative estimate of drug-likeness (QED) is 0.629. The zero-order valence-corrected chi connectivity index (χ0v) is 16.3. The van der Waals surface area contributed by atoms with Crippen LogP contribution in [0.5, 0.6) is 11.5 Å². The number of rotatable bonds is 6. The van der Waals surface area contributed by atoms with Crippen molar-refractivity contribution in [3.05, 3.63) is 63.4 Å². The lowest BCUT2D eigenvalue weighted by Gasteiger charge is -2.21. The van der Waals surface area contributed by atoms with E-state index in [1.807, 2.05) is 0 Å². The van der Waals surface area contributed by atoms with Gasteiger partial charge in [-0.3, -0.25) is 0 Å². The summed E-state index contributed by atoms with van der Waals surface area (Å²) in [5, 5.41) is 23.6. The van der Waals surface area contributed by atoms with Gasteiger partial charge in [0, 0.05) is 13.0 Å². The zero-order valence-electron chi connectivity index (χ0n) is 14.7. The third-order valence-electron chi connectivity index (χ3n) is 4.19. The summed E-state index contributed by atoms with van der Waals surface area (Å²) in [6.07, 6.45) is -0.238. The number of fused-ring (bicyclic) bond motifs is 1. The number of aromatic nitrogens is 2. The Hall–Kier alpha value is -2.42. The second-order valence-electron chi connectivity index (χ2n) is 6.23. The molecule has 0 aliphatic carbocycles. The van der Waals surface area contributed by atoms with Crippen molar-refractivity contribution in [1.29, 1.82) is 0 Å². The van der Waals surface area contributed by atoms with Crippen molar-refractivity contribution < 1.29 is 19.0 Å². The number of nitrogens with zero attached hydrogens (tertiary/aromatic N) is 2. The Kier molecular flexibility index (Phi) is 5.61. The minimum absolute atomic E-state index is 0.237. The molecule has 3 aromatic rings. The SMILES string of the molecule is OC(CNc1nnc(Cc2ccc(F)cc2)s1)c1cc(Cl)c2c(c1)OCCO2. The third kappa shape index (κ3) is 4.35. The Morgan fingerprint density at radius 2 is 1.96 bits per heavy atom. The van der Waals surface area contributed by atoms with Gasteiger partial charge >= 0.3 is 0 Å². The van der Waals surface area contributed by atoms with Crippen molar-refractivity contribution in [2.75, 3.05) is 25.1 Å². The number of halogens is 2. The fraction of sp³-hybridized carbons (Fsp3) is 0.263. The number of hydrogen-bond donors (Lipinski definition) is 2. The molecule has 0 amide bonds. The van der Waals surface area contributed by atoms with Crippen LogP contribution in [0, 0.1) is 5.82 Å². The summed E-state index contributed by atoms with van der Waals surface area (Å²) >= 11 is 7.60. The van der Waals surface area contributed by atoms with Gasteiger partial charge in [0.2, 0.25) is 5.13 Å². The summed E-state index contributed by atoms with van der Waals surface area (Å²) in [7, 11) is 0. The van der Waals surface area contributed by atoms with Gasteiger partial charge in [-0.1, -0.05) is 35.1 Å². The van der Waals surface area contributed by atoms with E-state index < -0.39 is 6.10 Å². The van der Waals surface area contributed by atoms with Gasteiger partial charge in [0.1, 0.15) is 24.0 Å². The molecule has 6 nitrogen and oxygen atoms in total. The maximum atomic E-state index is 13.0. The monoisotopic (exact) mass is 421 g/mol. The molecule has 0 saturated carbocycles. The maximum absolute atomic E-state index is 13.0. The van der Waals surface area contributed by atoms with Gasteiger partial charge in [-0.15, -0.1) is 10.2 Å². The summed E-state index contributed by atoms with van der Waals surface area (Å²) in [6, 6.07) is 9.68. The lowest BCUT2D eigenvalue weighted by Crippen LogP contribution is -2.17. The Labute approximate surface area is 169 Å². The molecule has 9 heteroatoms. The van der Waals surface area contributed by atoms with E-state index in [1.165, 1.54) is 23.5 Å². The summed E-state index contributed by atoms with van der Waals surface area (Å²) < 4.78 is 24.0. The van der Waals surface area contributed by atoms with Crippen LogP contribution < -0.4 is 14.8 Å². The zero-order chi connectivity index (χ0) is 19.5. The van der Waals surface area contributed by atoms with Crippen molar-refractivity contribution in [3.8, 4) is 11.5 Å². The molecule has 1 aliphatic rings. The minimum atomic E-state index is -0.808. The molecule has 2 heterocycles. The van der Waals surface area contributed by atoms with Crippen LogP contribution in [0.1, 0.15) is 22.2 Å². The fourth-order valence-corrected chi connectivity index (χ4v) is 3.85. The van der Waals surface area contributed by atoms with E-state index in [1.54, 1.807) is 24.3 Å². The van der Waals surface area contributed by atoms with Crippen LogP contribution in [0.25, 0.3) is 0 Å². The highest BCUT2D eigenvalue weighted by Gasteiger charge is 2.19. The first kappa shape index (κ1) is 18.9. The standard InChI is InChI=1S/C19H17ClFN3O3S/c20-14-8-12(9-16-18(14)27-6-5-26-16)15(25)10-22-19-24-23-17(28-19)7-11-1-3-13(21)4-2-11/h1-4,8-9,15,25H,5-7,10H2,(H,22,24). The highest BCUT2D eigenvalue weighted by Crippen LogP contribution is 2.39. The molecule has 0 saturated heterocycles. The van der Waals surface area contributed by atoms with Crippen LogP contribution >= 0.6 is 22.9 Å². The maximum Gasteiger partial charge on any atom is 0.205 e. The lowest BCUT2D eigenvalue weighted by atomic mass is 10.1. The van der Waals surface area contributed by atoms with Crippen molar-refractivity contribution in [2.45, 2.75) is 12.5 Å². The molecule has 1 atom stereocenters. The van der Waals surface area contributed by atoms with E-state index >= 15 is 0 Å². The smallest absolute Gasteiger partial charge is 0.205 e. The van der Waals surface area contributed by atoms with Crippen LogP contribution in [-0.4, -0.2) is 35.1 Å². The third-order valence-corrected chi connectivity index (χ3v) is 5.35. The Bertz CT molecular complexity index is 968. The molecule has 2 aromatic carbocycles. The van der Waals surface area contributed by atoms with Crippen LogP contribution in [0.15, 0.2) is 36.4 Å². The molecule has 146 valence electrons. The van der Waals surface area contributed by atoms with Crippen LogP contribution in [0.3, 0.4) is 0 Å². The van der Waals surface area contributed by atoms with Gasteiger partial charge in [-0.25, -0.2) is 4.39 Å². The van der Waals surface area contributed by atoms with E-state index in [-0.39, 0.29) is 12.4 Å². The Balaban J connectivity index is 1.37. The van der Waals surface area contributed by atoms with E-state index in [0.717, 1.165) is 10.6 Å². The molecule has 2 N–H and O–H groups in total. The molecule has 0 bridgehead atoms. The number of hydrogen-bond acceptors (Lipinski definition) is 7. The molecule has 1 aromatic heterocycles. The average Bonchev–Trinajstić information content (AvgIpc) is 3.15. The van der Waals surface area contributed by atoms with Crippen LogP contribution in [0.4, 0.5) is 9.52 Å². The number of aliphatic hydroxyl groups is 1. The fourth-order valence-electron chi connectivity index (χ4n) is 2.80. The summed E-state index contributed by atoms with van der Waals surface area (Å²) in [6.45, 7) is 1.14. The van der Waals surface area contributed by atoms with Crippen molar-refractivity contribution in [3.63, 3.8) is 0 Å². The predicted octanol–water partition coefficient (Wildman–Crippen LogP) is 3.84. The molecule has 0 spiro atoms. The van der Waals surface area contributed by atoms with E-state index in [0.29, 0.717) is 46.9 Å². The van der Waals surface area contributed by atoms with E-state index in [2.05, 4.69) is 15.5 Å². The predicted molar refractivity (Wildman–Crippen MR) is 105 cm³/mol. The largest absolute Gasteiger partial charge is 0.486 e. The highest BCUT2D eigenvalue weighted by molar-refractivity contribution is 7.15. The second kappa shape index (κ2) is 8.30. The van der Waals surface area contributed by atoms with Crippen molar-refractivity contribution in [2.24, 2.45) is 0 Å². The minimum Gasteiger partial charge on any atom is -0.486 e. The molecule has 0 radical (unpaired) electrons. The van der Waals surface area contributed by atoms with Gasteiger partial charge < -0.3 is 19.9 Å².